The third-order valence-electron chi connectivity index (χ3n) is 4.35. The molecule has 3 rings (SSSR count). The molecule has 0 amide bonds. The average Bonchev–Trinajstić information content (AvgIpc) is 2.57. The average molecular weight is 278 g/mol. The molecule has 1 fully saturated rings. The third-order valence-corrected chi connectivity index (χ3v) is 4.65. The van der Waals surface area contributed by atoms with Crippen molar-refractivity contribution < 1.29 is 4.39 Å². The Hall–Kier alpha value is -1.16. The van der Waals surface area contributed by atoms with E-state index in [-0.39, 0.29) is 5.82 Å². The molecule has 1 aliphatic rings. The summed E-state index contributed by atoms with van der Waals surface area (Å²) in [4.78, 5) is 3.04. The van der Waals surface area contributed by atoms with Crippen LogP contribution in [0.15, 0.2) is 18.2 Å². The van der Waals surface area contributed by atoms with Gasteiger partial charge in [0.2, 0.25) is 0 Å². The lowest BCUT2D eigenvalue weighted by molar-refractivity contribution is 0.338. The van der Waals surface area contributed by atoms with E-state index in [1.165, 1.54) is 31.7 Å². The Bertz CT molecular complexity index is 643. The number of aromatic nitrogens is 2. The summed E-state index contributed by atoms with van der Waals surface area (Å²) in [6.45, 7) is 2.29. The van der Waals surface area contributed by atoms with Crippen LogP contribution >= 0.6 is 12.2 Å². The highest BCUT2D eigenvalue weighted by molar-refractivity contribution is 7.71. The Kier molecular flexibility index (Phi) is 3.44. The molecule has 0 aliphatic heterocycles. The lowest BCUT2D eigenvalue weighted by Crippen LogP contribution is -2.16. The van der Waals surface area contributed by atoms with E-state index < -0.39 is 0 Å². The molecule has 2 aromatic rings. The first-order valence-corrected chi connectivity index (χ1v) is 7.48. The van der Waals surface area contributed by atoms with Crippen LogP contribution in [0, 0.1) is 16.5 Å². The van der Waals surface area contributed by atoms with Crippen LogP contribution in [0.1, 0.15) is 45.1 Å². The Balaban J connectivity index is 2.16. The summed E-state index contributed by atoms with van der Waals surface area (Å²) in [6, 6.07) is 5.60. The molecular formula is C15H19FN2S. The first-order valence-electron chi connectivity index (χ1n) is 7.07. The Morgan fingerprint density at radius 1 is 1.26 bits per heavy atom. The Labute approximate surface area is 117 Å². The van der Waals surface area contributed by atoms with Crippen molar-refractivity contribution in [1.29, 1.82) is 0 Å². The number of para-hydroxylation sites is 1. The maximum absolute atomic E-state index is 13.8. The topological polar surface area (TPSA) is 20.7 Å². The zero-order chi connectivity index (χ0) is 13.4. The maximum atomic E-state index is 13.8. The zero-order valence-electron chi connectivity index (χ0n) is 11.2. The minimum Gasteiger partial charge on any atom is -0.328 e. The molecule has 1 aromatic heterocycles. The second-order valence-electron chi connectivity index (χ2n) is 5.62. The lowest BCUT2D eigenvalue weighted by Gasteiger charge is -2.23. The van der Waals surface area contributed by atoms with Gasteiger partial charge in [-0.25, -0.2) is 4.39 Å². The van der Waals surface area contributed by atoms with E-state index in [9.17, 15) is 4.39 Å². The van der Waals surface area contributed by atoms with E-state index in [2.05, 4.69) is 16.5 Å². The molecular weight excluding hydrogens is 259 g/mol. The van der Waals surface area contributed by atoms with Gasteiger partial charge in [-0.15, -0.1) is 0 Å². The standard InChI is InChI=1S/C15H19FN2S/c1-10-6-3-2-4-8-12(10)18-13-9-5-7-11(16)14(13)17-15(18)19/h5,7,9-10,12H,2-4,6,8H2,1H3,(H,17,19). The number of hydrogen-bond acceptors (Lipinski definition) is 1. The van der Waals surface area contributed by atoms with Crippen molar-refractivity contribution in [3.8, 4) is 0 Å². The zero-order valence-corrected chi connectivity index (χ0v) is 12.0. The van der Waals surface area contributed by atoms with Crippen LogP contribution in [0.4, 0.5) is 4.39 Å². The number of H-pyrrole nitrogens is 1. The predicted molar refractivity (Wildman–Crippen MR) is 78.4 cm³/mol. The Morgan fingerprint density at radius 3 is 2.89 bits per heavy atom. The molecule has 4 heteroatoms. The summed E-state index contributed by atoms with van der Waals surface area (Å²) in [5, 5.41) is 0. The normalized spacial score (nSPS) is 24.5. The van der Waals surface area contributed by atoms with E-state index in [1.54, 1.807) is 6.07 Å². The fraction of sp³-hybridized carbons (Fsp3) is 0.533. The van der Waals surface area contributed by atoms with Crippen molar-refractivity contribution in [2.24, 2.45) is 5.92 Å². The molecule has 0 bridgehead atoms. The van der Waals surface area contributed by atoms with Gasteiger partial charge in [-0.1, -0.05) is 32.3 Å². The van der Waals surface area contributed by atoms with Crippen molar-refractivity contribution >= 4 is 23.3 Å². The maximum Gasteiger partial charge on any atom is 0.178 e. The summed E-state index contributed by atoms with van der Waals surface area (Å²) in [5.41, 5.74) is 1.45. The van der Waals surface area contributed by atoms with E-state index in [1.807, 2.05) is 6.07 Å². The molecule has 0 radical (unpaired) electrons. The lowest BCUT2D eigenvalue weighted by atomic mass is 9.96. The minimum absolute atomic E-state index is 0.219. The monoisotopic (exact) mass is 278 g/mol. The smallest absolute Gasteiger partial charge is 0.178 e. The molecule has 2 nitrogen and oxygen atoms in total. The molecule has 0 saturated heterocycles. The first kappa shape index (κ1) is 12.9. The number of nitrogens with zero attached hydrogens (tertiary/aromatic N) is 1. The van der Waals surface area contributed by atoms with Crippen molar-refractivity contribution in [3.05, 3.63) is 28.8 Å². The van der Waals surface area contributed by atoms with E-state index in [4.69, 9.17) is 12.2 Å². The third kappa shape index (κ3) is 2.22. The van der Waals surface area contributed by atoms with Gasteiger partial charge in [-0.05, 0) is 43.1 Å². The highest BCUT2D eigenvalue weighted by Gasteiger charge is 2.24. The van der Waals surface area contributed by atoms with Crippen molar-refractivity contribution in [2.75, 3.05) is 0 Å². The predicted octanol–water partition coefficient (Wildman–Crippen LogP) is 4.98. The van der Waals surface area contributed by atoms with Gasteiger partial charge in [0.25, 0.3) is 0 Å². The van der Waals surface area contributed by atoms with Crippen LogP contribution in [0.5, 0.6) is 0 Å². The minimum atomic E-state index is -0.219. The highest BCUT2D eigenvalue weighted by atomic mass is 32.1. The SMILES string of the molecule is CC1CCCCCC1n1c(=S)[nH]c2c(F)cccc21. The van der Waals surface area contributed by atoms with Crippen LogP contribution in [0.25, 0.3) is 11.0 Å². The molecule has 1 aliphatic carbocycles. The summed E-state index contributed by atoms with van der Waals surface area (Å²) < 4.78 is 16.6. The van der Waals surface area contributed by atoms with Crippen molar-refractivity contribution in [2.45, 2.75) is 45.1 Å². The van der Waals surface area contributed by atoms with Crippen LogP contribution in [-0.4, -0.2) is 9.55 Å². The second-order valence-corrected chi connectivity index (χ2v) is 6.00. The van der Waals surface area contributed by atoms with E-state index >= 15 is 0 Å². The van der Waals surface area contributed by atoms with Gasteiger partial charge in [0, 0.05) is 6.04 Å². The molecule has 1 aromatic carbocycles. The van der Waals surface area contributed by atoms with Gasteiger partial charge in [0.15, 0.2) is 4.77 Å². The molecule has 102 valence electrons. The number of rotatable bonds is 1. The van der Waals surface area contributed by atoms with E-state index in [0.29, 0.717) is 22.2 Å². The van der Waals surface area contributed by atoms with Gasteiger partial charge in [-0.3, -0.25) is 0 Å². The van der Waals surface area contributed by atoms with Crippen LogP contribution in [0.2, 0.25) is 0 Å². The number of imidazole rings is 1. The second kappa shape index (κ2) is 5.08. The largest absolute Gasteiger partial charge is 0.328 e. The molecule has 19 heavy (non-hydrogen) atoms. The number of halogens is 1. The van der Waals surface area contributed by atoms with Crippen molar-refractivity contribution in [1.82, 2.24) is 9.55 Å². The fourth-order valence-corrected chi connectivity index (χ4v) is 3.64. The van der Waals surface area contributed by atoms with Crippen LogP contribution in [-0.2, 0) is 0 Å². The highest BCUT2D eigenvalue weighted by Crippen LogP contribution is 2.35. The molecule has 0 spiro atoms. The van der Waals surface area contributed by atoms with Gasteiger partial charge < -0.3 is 9.55 Å². The van der Waals surface area contributed by atoms with Gasteiger partial charge in [0.05, 0.1) is 5.52 Å². The van der Waals surface area contributed by atoms with Gasteiger partial charge in [-0.2, -0.15) is 0 Å². The van der Waals surface area contributed by atoms with Crippen molar-refractivity contribution in [3.63, 3.8) is 0 Å². The number of hydrogen-bond donors (Lipinski definition) is 1. The summed E-state index contributed by atoms with van der Waals surface area (Å²) in [7, 11) is 0. The molecule has 1 saturated carbocycles. The fourth-order valence-electron chi connectivity index (χ4n) is 3.30. The van der Waals surface area contributed by atoms with Gasteiger partial charge in [0.1, 0.15) is 11.3 Å². The quantitative estimate of drug-likeness (QED) is 0.576. The molecule has 1 heterocycles. The van der Waals surface area contributed by atoms with Crippen LogP contribution < -0.4 is 0 Å². The Morgan fingerprint density at radius 2 is 2.05 bits per heavy atom. The summed E-state index contributed by atoms with van der Waals surface area (Å²) in [6.07, 6.45) is 6.19. The molecule has 1 N–H and O–H groups in total. The summed E-state index contributed by atoms with van der Waals surface area (Å²) in [5.74, 6) is 0.375. The van der Waals surface area contributed by atoms with Crippen LogP contribution in [0.3, 0.4) is 0 Å². The van der Waals surface area contributed by atoms with E-state index in [0.717, 1.165) is 11.9 Å². The molecule has 2 unspecified atom stereocenters. The number of benzene rings is 1. The number of aromatic amines is 1. The molecule has 2 atom stereocenters. The summed E-state index contributed by atoms with van der Waals surface area (Å²) >= 11 is 5.43. The number of fused-ring (bicyclic) bond motifs is 1. The van der Waals surface area contributed by atoms with Gasteiger partial charge >= 0.3 is 0 Å². The first-order chi connectivity index (χ1) is 9.18. The number of nitrogens with one attached hydrogen (secondary N) is 1.